The van der Waals surface area contributed by atoms with Gasteiger partial charge in [-0.15, -0.1) is 0 Å². The number of benzene rings is 2. The zero-order valence-corrected chi connectivity index (χ0v) is 21.6. The third kappa shape index (κ3) is 5.44. The van der Waals surface area contributed by atoms with E-state index in [1.807, 2.05) is 14.1 Å². The second-order valence-corrected chi connectivity index (χ2v) is 10.0. The van der Waals surface area contributed by atoms with Crippen molar-refractivity contribution >= 4 is 16.7 Å². The van der Waals surface area contributed by atoms with Gasteiger partial charge in [-0.2, -0.15) is 13.2 Å². The summed E-state index contributed by atoms with van der Waals surface area (Å²) in [5, 5.41) is 3.64. The van der Waals surface area contributed by atoms with Crippen LogP contribution in [-0.4, -0.2) is 48.7 Å². The van der Waals surface area contributed by atoms with Gasteiger partial charge >= 0.3 is 6.18 Å². The number of ether oxygens (including phenoxy) is 2. The fraction of sp³-hybridized carbons (Fsp3) is 0.481. The van der Waals surface area contributed by atoms with E-state index in [2.05, 4.69) is 27.1 Å². The highest BCUT2D eigenvalue weighted by Gasteiger charge is 2.44. The SMILES string of the molecule is COc1cc2ncnc(N[C@H](C)c3cccc(C(F)(F)F)c3F)c2cc1O[C@H](C)C1(CN(C)C)CCC1. The van der Waals surface area contributed by atoms with E-state index in [4.69, 9.17) is 9.47 Å². The zero-order valence-electron chi connectivity index (χ0n) is 21.6. The zero-order chi connectivity index (χ0) is 27.0. The van der Waals surface area contributed by atoms with Crippen LogP contribution in [0.4, 0.5) is 23.4 Å². The molecule has 4 rings (SSSR count). The van der Waals surface area contributed by atoms with Gasteiger partial charge in [0.2, 0.25) is 0 Å². The number of fused-ring (bicyclic) bond motifs is 1. The molecule has 1 aliphatic rings. The number of nitrogens with one attached hydrogen (secondary N) is 1. The second-order valence-electron chi connectivity index (χ2n) is 10.0. The van der Waals surface area contributed by atoms with E-state index in [0.717, 1.165) is 31.9 Å². The van der Waals surface area contributed by atoms with E-state index < -0.39 is 23.6 Å². The van der Waals surface area contributed by atoms with Gasteiger partial charge in [0.25, 0.3) is 0 Å². The van der Waals surface area contributed by atoms with Gasteiger partial charge in [0, 0.05) is 29.0 Å². The molecule has 0 unspecified atom stereocenters. The van der Waals surface area contributed by atoms with E-state index in [9.17, 15) is 17.6 Å². The Labute approximate surface area is 214 Å². The number of hydrogen-bond donors (Lipinski definition) is 1. The number of rotatable bonds is 9. The highest BCUT2D eigenvalue weighted by atomic mass is 19.4. The number of nitrogens with zero attached hydrogens (tertiary/aromatic N) is 3. The van der Waals surface area contributed by atoms with E-state index in [0.29, 0.717) is 28.2 Å². The molecule has 0 saturated heterocycles. The molecule has 2 aromatic carbocycles. The lowest BCUT2D eigenvalue weighted by molar-refractivity contribution is -0.140. The molecule has 6 nitrogen and oxygen atoms in total. The first-order valence-electron chi connectivity index (χ1n) is 12.2. The van der Waals surface area contributed by atoms with Crippen molar-refractivity contribution in [2.24, 2.45) is 5.41 Å². The average Bonchev–Trinajstić information content (AvgIpc) is 2.80. The Hall–Kier alpha value is -3.14. The lowest BCUT2D eigenvalue weighted by Crippen LogP contribution is -2.49. The van der Waals surface area contributed by atoms with Crippen LogP contribution in [0.25, 0.3) is 10.9 Å². The van der Waals surface area contributed by atoms with Crippen LogP contribution in [-0.2, 0) is 6.18 Å². The molecular formula is C27H32F4N4O2. The van der Waals surface area contributed by atoms with Gasteiger partial charge < -0.3 is 19.7 Å². The quantitative estimate of drug-likeness (QED) is 0.327. The van der Waals surface area contributed by atoms with E-state index in [1.54, 1.807) is 26.2 Å². The van der Waals surface area contributed by atoms with Gasteiger partial charge in [0.15, 0.2) is 11.5 Å². The van der Waals surface area contributed by atoms with E-state index in [-0.39, 0.29) is 17.1 Å². The third-order valence-electron chi connectivity index (χ3n) is 7.22. The van der Waals surface area contributed by atoms with Crippen molar-refractivity contribution < 1.29 is 27.0 Å². The number of halogens is 4. The number of anilines is 1. The molecule has 1 saturated carbocycles. The molecule has 1 aromatic heterocycles. The Morgan fingerprint density at radius 3 is 2.43 bits per heavy atom. The summed E-state index contributed by atoms with van der Waals surface area (Å²) in [7, 11) is 5.65. The first kappa shape index (κ1) is 26.9. The van der Waals surface area contributed by atoms with Crippen molar-refractivity contribution in [3.8, 4) is 11.5 Å². The molecule has 2 atom stereocenters. The van der Waals surface area contributed by atoms with Crippen molar-refractivity contribution in [1.29, 1.82) is 0 Å². The highest BCUT2D eigenvalue weighted by Crippen LogP contribution is 2.47. The van der Waals surface area contributed by atoms with E-state index in [1.165, 1.54) is 18.5 Å². The predicted molar refractivity (Wildman–Crippen MR) is 134 cm³/mol. The van der Waals surface area contributed by atoms with Crippen LogP contribution in [0.15, 0.2) is 36.7 Å². The molecular weight excluding hydrogens is 488 g/mol. The largest absolute Gasteiger partial charge is 0.493 e. The molecule has 1 heterocycles. The normalized spacial score (nSPS) is 16.8. The van der Waals surface area contributed by atoms with Gasteiger partial charge in [0.05, 0.1) is 24.2 Å². The van der Waals surface area contributed by atoms with Crippen LogP contribution in [0.3, 0.4) is 0 Å². The first-order valence-corrected chi connectivity index (χ1v) is 12.2. The Bertz CT molecular complexity index is 1260. The molecule has 1 aliphatic carbocycles. The van der Waals surface area contributed by atoms with E-state index >= 15 is 0 Å². The lowest BCUT2D eigenvalue weighted by Gasteiger charge is -2.47. The maximum absolute atomic E-state index is 14.8. The maximum Gasteiger partial charge on any atom is 0.419 e. The predicted octanol–water partition coefficient (Wildman–Crippen LogP) is 6.47. The molecule has 0 spiro atoms. The minimum atomic E-state index is -4.79. The van der Waals surface area contributed by atoms with Crippen molar-refractivity contribution in [3.63, 3.8) is 0 Å². The van der Waals surface area contributed by atoms with Crippen LogP contribution in [0.5, 0.6) is 11.5 Å². The van der Waals surface area contributed by atoms with Crippen LogP contribution in [0.2, 0.25) is 0 Å². The van der Waals surface area contributed by atoms with Gasteiger partial charge in [-0.1, -0.05) is 18.6 Å². The molecule has 1 N–H and O–H groups in total. The fourth-order valence-corrected chi connectivity index (χ4v) is 5.09. The van der Waals surface area contributed by atoms with Crippen LogP contribution < -0.4 is 14.8 Å². The molecule has 0 bridgehead atoms. The molecule has 10 heteroatoms. The summed E-state index contributed by atoms with van der Waals surface area (Å²) in [4.78, 5) is 10.8. The lowest BCUT2D eigenvalue weighted by atomic mass is 9.65. The van der Waals surface area contributed by atoms with Crippen molar-refractivity contribution in [2.45, 2.75) is 51.4 Å². The summed E-state index contributed by atoms with van der Waals surface area (Å²) in [5.74, 6) is 0.0734. The topological polar surface area (TPSA) is 59.5 Å². The molecule has 0 radical (unpaired) electrons. The van der Waals surface area contributed by atoms with Crippen LogP contribution in [0.1, 0.15) is 50.3 Å². The summed E-state index contributed by atoms with van der Waals surface area (Å²) >= 11 is 0. The summed E-state index contributed by atoms with van der Waals surface area (Å²) in [6.07, 6.45) is -0.248. The van der Waals surface area contributed by atoms with Crippen molar-refractivity contribution in [2.75, 3.05) is 33.1 Å². The molecule has 37 heavy (non-hydrogen) atoms. The smallest absolute Gasteiger partial charge is 0.419 e. The number of alkyl halides is 3. The molecule has 0 amide bonds. The highest BCUT2D eigenvalue weighted by molar-refractivity contribution is 5.91. The summed E-state index contributed by atoms with van der Waals surface area (Å²) in [6, 6.07) is 5.95. The molecule has 200 valence electrons. The average molecular weight is 521 g/mol. The summed E-state index contributed by atoms with van der Waals surface area (Å²) in [5.41, 5.74) is -0.829. The van der Waals surface area contributed by atoms with Crippen LogP contribution in [0, 0.1) is 11.2 Å². The molecule has 3 aromatic rings. The standard InChI is InChI=1S/C27H32F4N4O2/c1-16(18-8-6-9-20(24(18)28)27(29,30)31)34-25-19-12-23(22(36-5)13-21(19)32-15-33-25)37-17(2)26(10-7-11-26)14-35(3)4/h6,8-9,12-13,15-17H,7,10-11,14H2,1-5H3,(H,32,33,34)/t16-,17-/m1/s1. The number of aromatic nitrogens is 2. The van der Waals surface area contributed by atoms with Gasteiger partial charge in [-0.25, -0.2) is 14.4 Å². The van der Waals surface area contributed by atoms with Gasteiger partial charge in [-0.05, 0) is 52.9 Å². The molecule has 1 fully saturated rings. The second kappa shape index (κ2) is 10.3. The maximum atomic E-state index is 14.8. The van der Waals surface area contributed by atoms with Crippen molar-refractivity contribution in [3.05, 3.63) is 53.6 Å². The minimum absolute atomic E-state index is 0.0350. The summed E-state index contributed by atoms with van der Waals surface area (Å²) in [6.45, 7) is 4.54. The Balaban J connectivity index is 1.67. The third-order valence-corrected chi connectivity index (χ3v) is 7.22. The van der Waals surface area contributed by atoms with Crippen molar-refractivity contribution in [1.82, 2.24) is 14.9 Å². The van der Waals surface area contributed by atoms with Gasteiger partial charge in [-0.3, -0.25) is 0 Å². The fourth-order valence-electron chi connectivity index (χ4n) is 5.09. The number of hydrogen-bond acceptors (Lipinski definition) is 6. The Kier molecular flexibility index (Phi) is 7.50. The number of methoxy groups -OCH3 is 1. The minimum Gasteiger partial charge on any atom is -0.493 e. The first-order chi connectivity index (χ1) is 17.4. The molecule has 0 aliphatic heterocycles. The monoisotopic (exact) mass is 520 g/mol. The van der Waals surface area contributed by atoms with Gasteiger partial charge in [0.1, 0.15) is 24.1 Å². The van der Waals surface area contributed by atoms with Crippen LogP contribution >= 0.6 is 0 Å². The summed E-state index contributed by atoms with van der Waals surface area (Å²) < 4.78 is 66.4. The Morgan fingerprint density at radius 1 is 1.11 bits per heavy atom. The Morgan fingerprint density at radius 2 is 1.84 bits per heavy atom.